The first-order valence-electron chi connectivity index (χ1n) is 8.42. The zero-order valence-electron chi connectivity index (χ0n) is 14.4. The van der Waals surface area contributed by atoms with Gasteiger partial charge in [0.15, 0.2) is 5.82 Å². The first-order chi connectivity index (χ1) is 12.9. The van der Waals surface area contributed by atoms with Gasteiger partial charge >= 0.3 is 6.36 Å². The van der Waals surface area contributed by atoms with Crippen LogP contribution in [0.1, 0.15) is 18.4 Å². The Labute approximate surface area is 154 Å². The van der Waals surface area contributed by atoms with Crippen molar-refractivity contribution in [2.24, 2.45) is 0 Å². The molecule has 8 heteroatoms. The molecule has 2 aromatic carbocycles. The number of unbranched alkanes of at least 4 members (excludes halogenated alkanes) is 1. The molecule has 1 aromatic heterocycles. The Morgan fingerprint density at radius 2 is 1.67 bits per heavy atom. The Kier molecular flexibility index (Phi) is 5.75. The topological polar surface area (TPSA) is 60.2 Å². The van der Waals surface area contributed by atoms with E-state index in [-0.39, 0.29) is 12.4 Å². The number of benzene rings is 2. The highest BCUT2D eigenvalue weighted by Gasteiger charge is 2.30. The third-order valence-electron chi connectivity index (χ3n) is 3.91. The summed E-state index contributed by atoms with van der Waals surface area (Å²) in [4.78, 5) is 4.26. The Morgan fingerprint density at radius 1 is 0.963 bits per heavy atom. The number of hydrogen-bond donors (Lipinski definition) is 1. The third-order valence-corrected chi connectivity index (χ3v) is 3.91. The van der Waals surface area contributed by atoms with E-state index in [1.165, 1.54) is 40.8 Å². The largest absolute Gasteiger partial charge is 0.573 e. The summed E-state index contributed by atoms with van der Waals surface area (Å²) in [6, 6.07) is 13.3. The van der Waals surface area contributed by atoms with Crippen LogP contribution < -0.4 is 4.74 Å². The number of aryl methyl sites for hydroxylation is 1. The van der Waals surface area contributed by atoms with Crippen molar-refractivity contribution in [2.45, 2.75) is 25.6 Å². The molecule has 0 saturated heterocycles. The van der Waals surface area contributed by atoms with E-state index < -0.39 is 6.36 Å². The number of aromatic nitrogens is 3. The van der Waals surface area contributed by atoms with Gasteiger partial charge in [-0.15, -0.1) is 18.3 Å². The molecule has 3 aromatic rings. The molecule has 0 fully saturated rings. The summed E-state index contributed by atoms with van der Waals surface area (Å²) in [7, 11) is 0. The molecule has 0 saturated carbocycles. The van der Waals surface area contributed by atoms with Gasteiger partial charge in [0.25, 0.3) is 0 Å². The van der Waals surface area contributed by atoms with Gasteiger partial charge in [-0.05, 0) is 49.1 Å². The number of aliphatic hydroxyl groups excluding tert-OH is 1. The van der Waals surface area contributed by atoms with Crippen LogP contribution in [0.3, 0.4) is 0 Å². The highest BCUT2D eigenvalue weighted by atomic mass is 19.4. The van der Waals surface area contributed by atoms with Gasteiger partial charge in [0.2, 0.25) is 0 Å². The van der Waals surface area contributed by atoms with Crippen molar-refractivity contribution < 1.29 is 23.0 Å². The first-order valence-corrected chi connectivity index (χ1v) is 8.42. The minimum absolute atomic E-state index is 0.197. The molecule has 0 radical (unpaired) electrons. The van der Waals surface area contributed by atoms with Crippen LogP contribution in [0.4, 0.5) is 13.2 Å². The van der Waals surface area contributed by atoms with Gasteiger partial charge in [0.1, 0.15) is 12.1 Å². The summed E-state index contributed by atoms with van der Waals surface area (Å²) in [6.45, 7) is 0.197. The maximum atomic E-state index is 12.2. The minimum atomic E-state index is -4.72. The quantitative estimate of drug-likeness (QED) is 0.629. The van der Waals surface area contributed by atoms with Crippen molar-refractivity contribution in [3.05, 3.63) is 60.4 Å². The summed E-state index contributed by atoms with van der Waals surface area (Å²) >= 11 is 0. The monoisotopic (exact) mass is 377 g/mol. The van der Waals surface area contributed by atoms with E-state index in [2.05, 4.69) is 14.8 Å². The van der Waals surface area contributed by atoms with Gasteiger partial charge in [-0.3, -0.25) is 0 Å². The van der Waals surface area contributed by atoms with E-state index in [0.717, 1.165) is 24.8 Å². The van der Waals surface area contributed by atoms with Crippen LogP contribution in [0.2, 0.25) is 0 Å². The van der Waals surface area contributed by atoms with E-state index in [4.69, 9.17) is 5.11 Å². The van der Waals surface area contributed by atoms with Crippen molar-refractivity contribution in [3.63, 3.8) is 0 Å². The highest BCUT2D eigenvalue weighted by molar-refractivity contribution is 5.55. The number of halogens is 3. The maximum Gasteiger partial charge on any atom is 0.573 e. The van der Waals surface area contributed by atoms with E-state index in [9.17, 15) is 13.2 Å². The molecule has 0 spiro atoms. The SMILES string of the molecule is OCCCCc1ccc(-c2ncn(-c3ccc(OC(F)(F)F)cc3)n2)cc1. The zero-order chi connectivity index (χ0) is 19.3. The molecule has 142 valence electrons. The number of rotatable bonds is 7. The molecule has 0 amide bonds. The molecule has 27 heavy (non-hydrogen) atoms. The molecular weight excluding hydrogens is 359 g/mol. The van der Waals surface area contributed by atoms with E-state index in [0.29, 0.717) is 11.5 Å². The second-order valence-corrected chi connectivity index (χ2v) is 5.93. The van der Waals surface area contributed by atoms with Crippen molar-refractivity contribution >= 4 is 0 Å². The van der Waals surface area contributed by atoms with E-state index >= 15 is 0 Å². The number of ether oxygens (including phenoxy) is 1. The predicted octanol–water partition coefficient (Wildman–Crippen LogP) is 4.15. The molecule has 1 heterocycles. The van der Waals surface area contributed by atoms with Gasteiger partial charge in [-0.25, -0.2) is 9.67 Å². The van der Waals surface area contributed by atoms with Crippen LogP contribution in [0.15, 0.2) is 54.9 Å². The van der Waals surface area contributed by atoms with Gasteiger partial charge in [-0.2, -0.15) is 0 Å². The standard InChI is InChI=1S/C19H18F3N3O2/c20-19(21,22)27-17-10-8-16(9-11-17)25-13-23-18(24-25)15-6-4-14(5-7-15)3-1-2-12-26/h4-11,13,26H,1-3,12H2. The van der Waals surface area contributed by atoms with Crippen LogP contribution in [-0.2, 0) is 6.42 Å². The molecule has 0 bridgehead atoms. The Hall–Kier alpha value is -2.87. The second-order valence-electron chi connectivity index (χ2n) is 5.93. The minimum Gasteiger partial charge on any atom is -0.406 e. The fraction of sp³-hybridized carbons (Fsp3) is 0.263. The molecule has 0 aliphatic heterocycles. The normalized spacial score (nSPS) is 11.6. The average Bonchev–Trinajstić information content (AvgIpc) is 3.12. The van der Waals surface area contributed by atoms with Gasteiger partial charge < -0.3 is 9.84 Å². The van der Waals surface area contributed by atoms with Crippen molar-refractivity contribution in [2.75, 3.05) is 6.61 Å². The van der Waals surface area contributed by atoms with Crippen molar-refractivity contribution in [1.82, 2.24) is 14.8 Å². The van der Waals surface area contributed by atoms with Crippen LogP contribution in [0, 0.1) is 0 Å². The molecule has 1 N–H and O–H groups in total. The number of alkyl halides is 3. The van der Waals surface area contributed by atoms with Crippen LogP contribution >= 0.6 is 0 Å². The predicted molar refractivity (Wildman–Crippen MR) is 93.5 cm³/mol. The van der Waals surface area contributed by atoms with Crippen molar-refractivity contribution in [1.29, 1.82) is 0 Å². The van der Waals surface area contributed by atoms with Crippen LogP contribution in [-0.4, -0.2) is 32.8 Å². The average molecular weight is 377 g/mol. The molecule has 0 unspecified atom stereocenters. The number of aliphatic hydroxyl groups is 1. The van der Waals surface area contributed by atoms with Gasteiger partial charge in [0.05, 0.1) is 5.69 Å². The lowest BCUT2D eigenvalue weighted by Gasteiger charge is -2.09. The lowest BCUT2D eigenvalue weighted by molar-refractivity contribution is -0.274. The fourth-order valence-electron chi connectivity index (χ4n) is 2.58. The first kappa shape index (κ1) is 18.9. The van der Waals surface area contributed by atoms with Crippen LogP contribution in [0.5, 0.6) is 5.75 Å². The second kappa shape index (κ2) is 8.22. The number of nitrogens with zero attached hydrogens (tertiary/aromatic N) is 3. The zero-order valence-corrected chi connectivity index (χ0v) is 14.4. The van der Waals surface area contributed by atoms with Gasteiger partial charge in [0, 0.05) is 12.2 Å². The lowest BCUT2D eigenvalue weighted by Crippen LogP contribution is -2.17. The molecule has 0 aliphatic rings. The van der Waals surface area contributed by atoms with Crippen molar-refractivity contribution in [3.8, 4) is 22.8 Å². The molecular formula is C19H18F3N3O2. The molecule has 0 aliphatic carbocycles. The van der Waals surface area contributed by atoms with Crippen LogP contribution in [0.25, 0.3) is 17.1 Å². The Morgan fingerprint density at radius 3 is 2.30 bits per heavy atom. The summed E-state index contributed by atoms with van der Waals surface area (Å²) in [5.74, 6) is 0.232. The third kappa shape index (κ3) is 5.30. The summed E-state index contributed by atoms with van der Waals surface area (Å²) in [6.07, 6.45) is -0.608. The summed E-state index contributed by atoms with van der Waals surface area (Å²) < 4.78 is 42.0. The molecule has 0 atom stereocenters. The summed E-state index contributed by atoms with van der Waals surface area (Å²) in [5, 5.41) is 13.2. The summed E-state index contributed by atoms with van der Waals surface area (Å²) in [5.41, 5.74) is 2.59. The Balaban J connectivity index is 1.69. The fourth-order valence-corrected chi connectivity index (χ4v) is 2.58. The number of hydrogen-bond acceptors (Lipinski definition) is 4. The van der Waals surface area contributed by atoms with Gasteiger partial charge in [-0.1, -0.05) is 24.3 Å². The smallest absolute Gasteiger partial charge is 0.406 e. The lowest BCUT2D eigenvalue weighted by atomic mass is 10.1. The Bertz CT molecular complexity index is 859. The van der Waals surface area contributed by atoms with E-state index in [1.54, 1.807) is 0 Å². The molecule has 3 rings (SSSR count). The maximum absolute atomic E-state index is 12.2. The van der Waals surface area contributed by atoms with E-state index in [1.807, 2.05) is 24.3 Å². The molecule has 5 nitrogen and oxygen atoms in total. The highest BCUT2D eigenvalue weighted by Crippen LogP contribution is 2.24.